The van der Waals surface area contributed by atoms with Gasteiger partial charge in [0.1, 0.15) is 5.84 Å². The lowest BCUT2D eigenvalue weighted by atomic mass is 10.0. The molecule has 5 rings (SSSR count). The molecule has 44 heavy (non-hydrogen) atoms. The molecular formula is C42H46N2. The average Bonchev–Trinajstić information content (AvgIpc) is 3.09. The fourth-order valence-electron chi connectivity index (χ4n) is 4.50. The Kier molecular flexibility index (Phi) is 13.6. The number of benzene rings is 5. The predicted molar refractivity (Wildman–Crippen MR) is 194 cm³/mol. The summed E-state index contributed by atoms with van der Waals surface area (Å²) in [4.78, 5) is 4.79. The number of rotatable bonds is 7. The Morgan fingerprint density at radius 1 is 0.636 bits per heavy atom. The molecule has 0 aliphatic heterocycles. The van der Waals surface area contributed by atoms with E-state index in [1.807, 2.05) is 43.3 Å². The fraction of sp³-hybridized carbons (Fsp3) is 0.167. The molecule has 0 fully saturated rings. The molecular weight excluding hydrogens is 532 g/mol. The van der Waals surface area contributed by atoms with Crippen LogP contribution in [-0.4, -0.2) is 5.84 Å². The van der Waals surface area contributed by atoms with Crippen molar-refractivity contribution in [1.29, 1.82) is 0 Å². The monoisotopic (exact) mass is 578 g/mol. The number of allylic oxidation sites excluding steroid dienone is 2. The Hall–Kier alpha value is -4.95. The maximum Gasteiger partial charge on any atom is 0.131 e. The van der Waals surface area contributed by atoms with Gasteiger partial charge in [-0.2, -0.15) is 0 Å². The van der Waals surface area contributed by atoms with Crippen LogP contribution < -0.4 is 5.73 Å². The normalized spacial score (nSPS) is 11.2. The van der Waals surface area contributed by atoms with Crippen LogP contribution in [0.25, 0.3) is 28.0 Å². The maximum atomic E-state index is 6.36. The zero-order chi connectivity index (χ0) is 31.7. The minimum Gasteiger partial charge on any atom is -0.383 e. The van der Waals surface area contributed by atoms with Crippen LogP contribution in [0.1, 0.15) is 56.4 Å². The molecule has 0 spiro atoms. The molecule has 5 aromatic rings. The van der Waals surface area contributed by atoms with E-state index in [0.29, 0.717) is 5.84 Å². The molecule has 0 radical (unpaired) electrons. The topological polar surface area (TPSA) is 38.4 Å². The van der Waals surface area contributed by atoms with Crippen molar-refractivity contribution in [2.24, 2.45) is 10.7 Å². The summed E-state index contributed by atoms with van der Waals surface area (Å²) < 4.78 is 0. The molecule has 2 heteroatoms. The van der Waals surface area contributed by atoms with Gasteiger partial charge in [0.05, 0.1) is 5.70 Å². The van der Waals surface area contributed by atoms with Gasteiger partial charge in [-0.05, 0) is 67.0 Å². The second-order valence-corrected chi connectivity index (χ2v) is 10.6. The molecule has 224 valence electrons. The van der Waals surface area contributed by atoms with Gasteiger partial charge >= 0.3 is 0 Å². The summed E-state index contributed by atoms with van der Waals surface area (Å²) >= 11 is 0. The van der Waals surface area contributed by atoms with Crippen LogP contribution in [0.4, 0.5) is 0 Å². The van der Waals surface area contributed by atoms with Crippen molar-refractivity contribution in [3.63, 3.8) is 0 Å². The molecule has 0 saturated heterocycles. The van der Waals surface area contributed by atoms with Gasteiger partial charge < -0.3 is 5.73 Å². The molecule has 5 aromatic carbocycles. The highest BCUT2D eigenvalue weighted by atomic mass is 14.9. The zero-order valence-electron chi connectivity index (χ0n) is 26.9. The van der Waals surface area contributed by atoms with Gasteiger partial charge in [-0.25, -0.2) is 4.99 Å². The van der Waals surface area contributed by atoms with Crippen molar-refractivity contribution in [2.75, 3.05) is 0 Å². The van der Waals surface area contributed by atoms with E-state index in [1.165, 1.54) is 39.0 Å². The van der Waals surface area contributed by atoms with Gasteiger partial charge in [-0.1, -0.05) is 159 Å². The molecule has 2 nitrogen and oxygen atoms in total. The predicted octanol–water partition coefficient (Wildman–Crippen LogP) is 11.3. The largest absolute Gasteiger partial charge is 0.383 e. The van der Waals surface area contributed by atoms with E-state index in [2.05, 4.69) is 131 Å². The van der Waals surface area contributed by atoms with Gasteiger partial charge in [0, 0.05) is 11.1 Å². The Balaban J connectivity index is 0.000000259. The molecule has 0 heterocycles. The lowest BCUT2D eigenvalue weighted by molar-refractivity contribution is 1.09. The van der Waals surface area contributed by atoms with Crippen molar-refractivity contribution >= 4 is 11.5 Å². The number of aryl methyl sites for hydroxylation is 2. The first-order valence-electron chi connectivity index (χ1n) is 15.4. The molecule has 0 aromatic heterocycles. The summed E-state index contributed by atoms with van der Waals surface area (Å²) in [6, 6.07) is 46.3. The third kappa shape index (κ3) is 10.1. The van der Waals surface area contributed by atoms with Crippen LogP contribution in [0, 0.1) is 6.92 Å². The average molecular weight is 579 g/mol. The van der Waals surface area contributed by atoms with E-state index in [9.17, 15) is 0 Å². The molecule has 2 N–H and O–H groups in total. The summed E-state index contributed by atoms with van der Waals surface area (Å²) in [7, 11) is 0. The molecule has 0 saturated carbocycles. The molecule has 0 atom stereocenters. The van der Waals surface area contributed by atoms with E-state index in [1.54, 1.807) is 6.08 Å². The van der Waals surface area contributed by atoms with Gasteiger partial charge in [-0.15, -0.1) is 6.58 Å². The van der Waals surface area contributed by atoms with E-state index >= 15 is 0 Å². The van der Waals surface area contributed by atoms with Crippen molar-refractivity contribution in [3.8, 4) is 22.3 Å². The van der Waals surface area contributed by atoms with Gasteiger partial charge in [0.25, 0.3) is 0 Å². The Morgan fingerprint density at radius 3 is 1.48 bits per heavy atom. The first-order valence-corrected chi connectivity index (χ1v) is 15.4. The number of nitrogens with two attached hydrogens (primary N) is 1. The zero-order valence-corrected chi connectivity index (χ0v) is 26.9. The van der Waals surface area contributed by atoms with Crippen LogP contribution in [0.2, 0.25) is 0 Å². The Bertz CT molecular complexity index is 1610. The van der Waals surface area contributed by atoms with Gasteiger partial charge in [0.15, 0.2) is 0 Å². The van der Waals surface area contributed by atoms with E-state index in [-0.39, 0.29) is 0 Å². The third-order valence-electron chi connectivity index (χ3n) is 7.25. The number of aliphatic imine (C=N–C) groups is 1. The van der Waals surface area contributed by atoms with Crippen molar-refractivity contribution in [1.82, 2.24) is 0 Å². The first kappa shape index (κ1) is 33.6. The fourth-order valence-corrected chi connectivity index (χ4v) is 4.50. The molecule has 0 unspecified atom stereocenters. The third-order valence-corrected chi connectivity index (χ3v) is 7.25. The SMILES string of the molecule is C=CC.CC/C(C)=C(\N=C(N)c1ccc(-c2ccccc2)cc1)c1ccc(C)cc1.CCc1ccc(-c2ccccc2)cc1. The minimum absolute atomic E-state index is 0.540. The van der Waals surface area contributed by atoms with Gasteiger partial charge in [-0.3, -0.25) is 0 Å². The van der Waals surface area contributed by atoms with Crippen molar-refractivity contribution in [2.45, 2.75) is 47.5 Å². The van der Waals surface area contributed by atoms with Crippen molar-refractivity contribution < 1.29 is 0 Å². The number of amidine groups is 1. The van der Waals surface area contributed by atoms with Crippen LogP contribution >= 0.6 is 0 Å². The molecule has 0 aliphatic rings. The standard InChI is InChI=1S/C25H26N2.C14H14.C3H6/c1-4-19(3)24(22-12-10-18(2)11-13-22)27-25(26)23-16-14-21(15-17-23)20-8-6-5-7-9-20;1-2-12-8-10-14(11-9-12)13-6-4-3-5-7-13;1-3-2/h5-17H,4H2,1-3H3,(H2,26,27);3-11H,2H2,1H3;3H,1H2,2H3/b24-19-;;. The lowest BCUT2D eigenvalue weighted by Gasteiger charge is -2.10. The second-order valence-electron chi connectivity index (χ2n) is 10.6. The highest BCUT2D eigenvalue weighted by Crippen LogP contribution is 2.24. The Morgan fingerprint density at radius 2 is 1.05 bits per heavy atom. The van der Waals surface area contributed by atoms with Crippen LogP contribution in [0.5, 0.6) is 0 Å². The molecule has 0 amide bonds. The summed E-state index contributed by atoms with van der Waals surface area (Å²) in [5.41, 5.74) is 18.2. The summed E-state index contributed by atoms with van der Waals surface area (Å²) in [5.74, 6) is 0.540. The van der Waals surface area contributed by atoms with Crippen LogP contribution in [0.15, 0.2) is 157 Å². The number of nitrogens with zero attached hydrogens (tertiary/aromatic N) is 1. The quantitative estimate of drug-likeness (QED) is 0.116. The van der Waals surface area contributed by atoms with Crippen LogP contribution in [-0.2, 0) is 6.42 Å². The summed E-state index contributed by atoms with van der Waals surface area (Å²) in [5, 5.41) is 0. The second kappa shape index (κ2) is 17.9. The Labute approximate surface area is 265 Å². The van der Waals surface area contributed by atoms with Gasteiger partial charge in [0.2, 0.25) is 0 Å². The van der Waals surface area contributed by atoms with E-state index in [4.69, 9.17) is 10.7 Å². The van der Waals surface area contributed by atoms with E-state index in [0.717, 1.165) is 29.7 Å². The van der Waals surface area contributed by atoms with Crippen LogP contribution in [0.3, 0.4) is 0 Å². The maximum absolute atomic E-state index is 6.36. The summed E-state index contributed by atoms with van der Waals surface area (Å²) in [6.07, 6.45) is 3.79. The number of hydrogen-bond acceptors (Lipinski definition) is 1. The lowest BCUT2D eigenvalue weighted by Crippen LogP contribution is -2.13. The first-order chi connectivity index (χ1) is 21.4. The van der Waals surface area contributed by atoms with E-state index < -0.39 is 0 Å². The molecule has 0 aliphatic carbocycles. The summed E-state index contributed by atoms with van der Waals surface area (Å²) in [6.45, 7) is 13.8. The highest BCUT2D eigenvalue weighted by Gasteiger charge is 2.07. The number of hydrogen-bond donors (Lipinski definition) is 1. The molecule has 0 bridgehead atoms. The smallest absolute Gasteiger partial charge is 0.131 e. The highest BCUT2D eigenvalue weighted by molar-refractivity contribution is 6.01. The minimum atomic E-state index is 0.540. The van der Waals surface area contributed by atoms with Crippen molar-refractivity contribution in [3.05, 3.63) is 174 Å².